The zero-order valence-corrected chi connectivity index (χ0v) is 10.9. The van der Waals surface area contributed by atoms with E-state index in [4.69, 9.17) is 0 Å². The number of amides is 1. The van der Waals surface area contributed by atoms with Gasteiger partial charge < -0.3 is 10.6 Å². The van der Waals surface area contributed by atoms with E-state index in [1.165, 1.54) is 0 Å². The quantitative estimate of drug-likeness (QED) is 0.836. The van der Waals surface area contributed by atoms with E-state index in [0.717, 1.165) is 24.1 Å². The van der Waals surface area contributed by atoms with Crippen molar-refractivity contribution in [1.29, 1.82) is 0 Å². The Kier molecular flexibility index (Phi) is 2.40. The van der Waals surface area contributed by atoms with Gasteiger partial charge in [-0.2, -0.15) is 0 Å². The lowest BCUT2D eigenvalue weighted by Crippen LogP contribution is -2.37. The van der Waals surface area contributed by atoms with Crippen molar-refractivity contribution in [3.05, 3.63) is 21.9 Å². The van der Waals surface area contributed by atoms with Gasteiger partial charge in [0.15, 0.2) is 5.82 Å². The van der Waals surface area contributed by atoms with Crippen LogP contribution in [0.5, 0.6) is 0 Å². The number of hydrogen-bond donors (Lipinski definition) is 2. The van der Waals surface area contributed by atoms with E-state index >= 15 is 0 Å². The van der Waals surface area contributed by atoms with Crippen LogP contribution in [0.1, 0.15) is 31.2 Å². The number of fused-ring (bicyclic) bond motifs is 1. The fraction of sp³-hybridized carbons (Fsp3) is 0.417. The molecule has 90 valence electrons. The molecule has 5 heteroatoms. The first-order valence-corrected chi connectivity index (χ1v) is 6.46. The monoisotopic (exact) mass is 298 g/mol. The number of carbonyl (C=O) groups is 1. The molecule has 0 aromatic heterocycles. The zero-order chi connectivity index (χ0) is 12.2. The van der Waals surface area contributed by atoms with E-state index in [0.29, 0.717) is 10.4 Å². The summed E-state index contributed by atoms with van der Waals surface area (Å²) in [4.78, 5) is 11.6. The number of carbonyl (C=O) groups excluding carboxylic acids is 1. The van der Waals surface area contributed by atoms with Crippen molar-refractivity contribution in [2.75, 3.05) is 10.6 Å². The van der Waals surface area contributed by atoms with Crippen LogP contribution < -0.4 is 10.6 Å². The van der Waals surface area contributed by atoms with Gasteiger partial charge in [0.2, 0.25) is 5.91 Å². The molecule has 0 spiro atoms. The van der Waals surface area contributed by atoms with Crippen molar-refractivity contribution >= 4 is 33.2 Å². The fourth-order valence-corrected chi connectivity index (χ4v) is 2.59. The summed E-state index contributed by atoms with van der Waals surface area (Å²) in [6, 6.07) is 1.50. The Balaban J connectivity index is 2.17. The second kappa shape index (κ2) is 3.70. The number of anilines is 2. The molecule has 1 saturated carbocycles. The van der Waals surface area contributed by atoms with Gasteiger partial charge in [-0.25, -0.2) is 4.39 Å². The lowest BCUT2D eigenvalue weighted by atomic mass is 10.0. The molecule has 1 heterocycles. The van der Waals surface area contributed by atoms with Crippen LogP contribution >= 0.6 is 15.9 Å². The van der Waals surface area contributed by atoms with Gasteiger partial charge in [-0.05, 0) is 53.2 Å². The van der Waals surface area contributed by atoms with Crippen molar-refractivity contribution in [3.63, 3.8) is 0 Å². The van der Waals surface area contributed by atoms with Gasteiger partial charge in [0, 0.05) is 0 Å². The van der Waals surface area contributed by atoms with Gasteiger partial charge in [0.25, 0.3) is 0 Å². The lowest BCUT2D eigenvalue weighted by Gasteiger charge is -2.27. The standard InChI is InChI=1S/C12H12BrFN2O/c1-5-12(17)16-11-9(14)8(13)4-7(6-2-3-6)10(11)15-5/h4-6,15H,2-3H2,1H3,(H,16,17). The summed E-state index contributed by atoms with van der Waals surface area (Å²) in [7, 11) is 0. The second-order valence-corrected chi connectivity index (χ2v) is 5.50. The van der Waals surface area contributed by atoms with Crippen molar-refractivity contribution in [1.82, 2.24) is 0 Å². The lowest BCUT2D eigenvalue weighted by molar-refractivity contribution is -0.116. The molecule has 1 amide bonds. The van der Waals surface area contributed by atoms with E-state index in [9.17, 15) is 9.18 Å². The smallest absolute Gasteiger partial charge is 0.246 e. The van der Waals surface area contributed by atoms with E-state index in [1.54, 1.807) is 6.92 Å². The topological polar surface area (TPSA) is 41.1 Å². The summed E-state index contributed by atoms with van der Waals surface area (Å²) < 4.78 is 14.4. The Bertz CT molecular complexity index is 514. The normalized spacial score (nSPS) is 22.8. The third-order valence-corrected chi connectivity index (χ3v) is 3.85. The molecule has 0 saturated heterocycles. The van der Waals surface area contributed by atoms with Crippen molar-refractivity contribution in [3.8, 4) is 0 Å². The molecule has 0 bridgehead atoms. The number of nitrogens with one attached hydrogen (secondary N) is 2. The first kappa shape index (κ1) is 11.0. The zero-order valence-electron chi connectivity index (χ0n) is 9.31. The first-order chi connectivity index (χ1) is 8.08. The minimum Gasteiger partial charge on any atom is -0.372 e. The number of halogens is 2. The maximum Gasteiger partial charge on any atom is 0.246 e. The molecular formula is C12H12BrFN2O. The minimum atomic E-state index is -0.405. The molecule has 0 radical (unpaired) electrons. The summed E-state index contributed by atoms with van der Waals surface area (Å²) in [6.45, 7) is 1.77. The van der Waals surface area contributed by atoms with Crippen LogP contribution in [-0.2, 0) is 4.79 Å². The Morgan fingerprint density at radius 3 is 2.76 bits per heavy atom. The average Bonchev–Trinajstić information content (AvgIpc) is 3.10. The Hall–Kier alpha value is -1.10. The highest BCUT2D eigenvalue weighted by Crippen LogP contribution is 2.48. The Morgan fingerprint density at radius 1 is 1.41 bits per heavy atom. The van der Waals surface area contributed by atoms with Crippen LogP contribution in [0.3, 0.4) is 0 Å². The van der Waals surface area contributed by atoms with Gasteiger partial charge in [-0.15, -0.1) is 0 Å². The average molecular weight is 299 g/mol. The van der Waals surface area contributed by atoms with Crippen molar-refractivity contribution in [2.45, 2.75) is 31.7 Å². The van der Waals surface area contributed by atoms with E-state index < -0.39 is 5.82 Å². The maximum atomic E-state index is 13.9. The fourth-order valence-electron chi connectivity index (χ4n) is 2.15. The van der Waals surface area contributed by atoms with Gasteiger partial charge >= 0.3 is 0 Å². The molecule has 1 atom stereocenters. The van der Waals surface area contributed by atoms with Crippen LogP contribution in [0, 0.1) is 5.82 Å². The van der Waals surface area contributed by atoms with E-state index in [1.807, 2.05) is 6.07 Å². The van der Waals surface area contributed by atoms with Crippen molar-refractivity contribution < 1.29 is 9.18 Å². The molecule has 2 aliphatic rings. The van der Waals surface area contributed by atoms with Crippen molar-refractivity contribution in [2.24, 2.45) is 0 Å². The predicted octanol–water partition coefficient (Wildman–Crippen LogP) is 3.22. The van der Waals surface area contributed by atoms with Crippen LogP contribution in [0.25, 0.3) is 0 Å². The molecule has 1 aliphatic carbocycles. The molecule has 17 heavy (non-hydrogen) atoms. The van der Waals surface area contributed by atoms with Gasteiger partial charge in [-0.3, -0.25) is 4.79 Å². The maximum absolute atomic E-state index is 13.9. The largest absolute Gasteiger partial charge is 0.372 e. The van der Waals surface area contributed by atoms with Gasteiger partial charge in [0.1, 0.15) is 11.7 Å². The molecule has 1 aromatic carbocycles. The van der Waals surface area contributed by atoms with Crippen LogP contribution in [0.15, 0.2) is 10.5 Å². The third-order valence-electron chi connectivity index (χ3n) is 3.27. The molecule has 3 nitrogen and oxygen atoms in total. The Morgan fingerprint density at radius 2 is 2.12 bits per heavy atom. The summed E-state index contributed by atoms with van der Waals surface area (Å²) >= 11 is 3.20. The molecule has 2 N–H and O–H groups in total. The third kappa shape index (κ3) is 1.73. The molecule has 1 aliphatic heterocycles. The van der Waals surface area contributed by atoms with Crippen LogP contribution in [0.4, 0.5) is 15.8 Å². The predicted molar refractivity (Wildman–Crippen MR) is 67.8 cm³/mol. The van der Waals surface area contributed by atoms with E-state index in [2.05, 4.69) is 26.6 Å². The number of benzene rings is 1. The number of rotatable bonds is 1. The minimum absolute atomic E-state index is 0.198. The second-order valence-electron chi connectivity index (χ2n) is 4.64. The molecular weight excluding hydrogens is 287 g/mol. The summed E-state index contributed by atoms with van der Waals surface area (Å²) in [5.41, 5.74) is 2.13. The van der Waals surface area contributed by atoms with Gasteiger partial charge in [-0.1, -0.05) is 0 Å². The summed E-state index contributed by atoms with van der Waals surface area (Å²) in [6.07, 6.45) is 2.27. The molecule has 1 unspecified atom stereocenters. The summed E-state index contributed by atoms with van der Waals surface area (Å²) in [5, 5.41) is 5.73. The molecule has 1 fully saturated rings. The highest BCUT2D eigenvalue weighted by atomic mass is 79.9. The SMILES string of the molecule is CC1Nc2c(C3CC3)cc(Br)c(F)c2NC1=O. The highest BCUT2D eigenvalue weighted by Gasteiger charge is 2.33. The summed E-state index contributed by atoms with van der Waals surface area (Å²) in [5.74, 6) is -0.108. The van der Waals surface area contributed by atoms with Crippen LogP contribution in [-0.4, -0.2) is 11.9 Å². The highest BCUT2D eigenvalue weighted by molar-refractivity contribution is 9.10. The van der Waals surface area contributed by atoms with Gasteiger partial charge in [0.05, 0.1) is 10.2 Å². The molecule has 3 rings (SSSR count). The Labute approximate surface area is 107 Å². The van der Waals surface area contributed by atoms with E-state index in [-0.39, 0.29) is 17.6 Å². The molecule has 1 aromatic rings. The number of hydrogen-bond acceptors (Lipinski definition) is 2. The van der Waals surface area contributed by atoms with Crippen LogP contribution in [0.2, 0.25) is 0 Å². The first-order valence-electron chi connectivity index (χ1n) is 5.67.